The summed E-state index contributed by atoms with van der Waals surface area (Å²) in [7, 11) is 0. The van der Waals surface area contributed by atoms with E-state index in [0.717, 1.165) is 44.1 Å². The molecule has 110 valence electrons. The van der Waals surface area contributed by atoms with E-state index in [-0.39, 0.29) is 5.91 Å². The number of aryl methyl sites for hydroxylation is 1. The number of nitrogens with two attached hydrogens (primary N) is 2. The maximum atomic E-state index is 11.2. The second kappa shape index (κ2) is 6.86. The normalized spacial score (nSPS) is 17.3. The number of benzene rings is 1. The zero-order valence-corrected chi connectivity index (χ0v) is 12.3. The van der Waals surface area contributed by atoms with E-state index in [1.54, 1.807) is 0 Å². The molecule has 0 aromatic heterocycles. The van der Waals surface area contributed by atoms with Crippen LogP contribution in [0.3, 0.4) is 0 Å². The van der Waals surface area contributed by atoms with Gasteiger partial charge >= 0.3 is 0 Å². The van der Waals surface area contributed by atoms with Crippen molar-refractivity contribution in [2.75, 3.05) is 19.6 Å². The Hall–Kier alpha value is -1.39. The molecule has 0 aliphatic carbocycles. The summed E-state index contributed by atoms with van der Waals surface area (Å²) in [6, 6.07) is 5.74. The van der Waals surface area contributed by atoms with E-state index in [0.29, 0.717) is 5.56 Å². The lowest BCUT2D eigenvalue weighted by Crippen LogP contribution is -2.34. The van der Waals surface area contributed by atoms with Crippen LogP contribution in [0.4, 0.5) is 0 Å². The van der Waals surface area contributed by atoms with Crippen molar-refractivity contribution >= 4 is 5.91 Å². The first-order valence-electron chi connectivity index (χ1n) is 7.42. The van der Waals surface area contributed by atoms with E-state index in [2.05, 4.69) is 4.90 Å². The summed E-state index contributed by atoms with van der Waals surface area (Å²) in [6.07, 6.45) is 3.64. The van der Waals surface area contributed by atoms with Crippen LogP contribution in [0.5, 0.6) is 0 Å². The molecular weight excluding hydrogens is 250 g/mol. The number of hydrogen-bond acceptors (Lipinski definition) is 3. The van der Waals surface area contributed by atoms with Crippen LogP contribution in [0.15, 0.2) is 18.2 Å². The first kappa shape index (κ1) is 15.0. The lowest BCUT2D eigenvalue weighted by Gasteiger charge is -2.32. The smallest absolute Gasteiger partial charge is 0.248 e. The SMILES string of the molecule is Cc1cc(C(N)=O)ccc1CN1CCC(CCN)CC1. The maximum absolute atomic E-state index is 11.2. The van der Waals surface area contributed by atoms with Gasteiger partial charge in [-0.1, -0.05) is 6.07 Å². The Morgan fingerprint density at radius 2 is 2.05 bits per heavy atom. The minimum atomic E-state index is -0.359. The van der Waals surface area contributed by atoms with Crippen molar-refractivity contribution in [2.24, 2.45) is 17.4 Å². The molecule has 1 aliphatic heterocycles. The van der Waals surface area contributed by atoms with Gasteiger partial charge in [0.2, 0.25) is 5.91 Å². The number of rotatable bonds is 5. The highest BCUT2D eigenvalue weighted by molar-refractivity contribution is 5.93. The van der Waals surface area contributed by atoms with E-state index in [4.69, 9.17) is 11.5 Å². The van der Waals surface area contributed by atoms with Crippen LogP contribution in [0.25, 0.3) is 0 Å². The van der Waals surface area contributed by atoms with Gasteiger partial charge in [0.15, 0.2) is 0 Å². The summed E-state index contributed by atoms with van der Waals surface area (Å²) in [5.41, 5.74) is 13.9. The number of nitrogens with zero attached hydrogens (tertiary/aromatic N) is 1. The minimum absolute atomic E-state index is 0.359. The van der Waals surface area contributed by atoms with Gasteiger partial charge in [0.05, 0.1) is 0 Å². The number of amides is 1. The van der Waals surface area contributed by atoms with Gasteiger partial charge in [-0.3, -0.25) is 9.69 Å². The topological polar surface area (TPSA) is 72.4 Å². The Morgan fingerprint density at radius 1 is 1.35 bits per heavy atom. The fourth-order valence-electron chi connectivity index (χ4n) is 2.94. The largest absolute Gasteiger partial charge is 0.366 e. The van der Waals surface area contributed by atoms with E-state index in [9.17, 15) is 4.79 Å². The first-order chi connectivity index (χ1) is 9.60. The van der Waals surface area contributed by atoms with Gasteiger partial charge in [0.25, 0.3) is 0 Å². The fraction of sp³-hybridized carbons (Fsp3) is 0.562. The Kier molecular flexibility index (Phi) is 5.15. The van der Waals surface area contributed by atoms with Gasteiger partial charge in [-0.05, 0) is 75.0 Å². The van der Waals surface area contributed by atoms with E-state index >= 15 is 0 Å². The number of primary amides is 1. The molecule has 0 atom stereocenters. The molecule has 20 heavy (non-hydrogen) atoms. The van der Waals surface area contributed by atoms with Gasteiger partial charge in [0.1, 0.15) is 0 Å². The van der Waals surface area contributed by atoms with Crippen molar-refractivity contribution in [1.82, 2.24) is 4.90 Å². The van der Waals surface area contributed by atoms with Gasteiger partial charge in [-0.15, -0.1) is 0 Å². The third kappa shape index (κ3) is 3.81. The molecule has 0 radical (unpaired) electrons. The molecule has 0 spiro atoms. The number of carbonyl (C=O) groups is 1. The standard InChI is InChI=1S/C16H25N3O/c1-12-10-14(16(18)20)2-3-15(12)11-19-8-5-13(4-7-17)6-9-19/h2-3,10,13H,4-9,11,17H2,1H3,(H2,18,20). The molecule has 1 saturated heterocycles. The molecule has 1 amide bonds. The van der Waals surface area contributed by atoms with Crippen molar-refractivity contribution < 1.29 is 4.79 Å². The van der Waals surface area contributed by atoms with Crippen LogP contribution in [0.1, 0.15) is 40.7 Å². The molecule has 4 nitrogen and oxygen atoms in total. The van der Waals surface area contributed by atoms with Crippen LogP contribution in [0, 0.1) is 12.8 Å². The number of hydrogen-bond donors (Lipinski definition) is 2. The van der Waals surface area contributed by atoms with Crippen LogP contribution >= 0.6 is 0 Å². The molecule has 0 unspecified atom stereocenters. The molecule has 2 rings (SSSR count). The Bertz CT molecular complexity index is 465. The highest BCUT2D eigenvalue weighted by atomic mass is 16.1. The van der Waals surface area contributed by atoms with Gasteiger partial charge in [-0.2, -0.15) is 0 Å². The molecule has 1 aliphatic rings. The first-order valence-corrected chi connectivity index (χ1v) is 7.42. The molecule has 1 aromatic rings. The third-order valence-corrected chi connectivity index (χ3v) is 4.30. The predicted octanol–water partition coefficient (Wildman–Crippen LogP) is 1.65. The maximum Gasteiger partial charge on any atom is 0.248 e. The zero-order valence-electron chi connectivity index (χ0n) is 12.3. The zero-order chi connectivity index (χ0) is 14.5. The molecular formula is C16H25N3O. The lowest BCUT2D eigenvalue weighted by molar-refractivity contribution is 0.1000. The van der Waals surface area contributed by atoms with Crippen LogP contribution in [-0.2, 0) is 6.54 Å². The molecule has 0 bridgehead atoms. The fourth-order valence-corrected chi connectivity index (χ4v) is 2.94. The van der Waals surface area contributed by atoms with Crippen molar-refractivity contribution in [3.63, 3.8) is 0 Å². The Morgan fingerprint density at radius 3 is 2.60 bits per heavy atom. The molecule has 4 N–H and O–H groups in total. The van der Waals surface area contributed by atoms with Gasteiger partial charge in [-0.25, -0.2) is 0 Å². The number of carbonyl (C=O) groups excluding carboxylic acids is 1. The Balaban J connectivity index is 1.93. The number of piperidine rings is 1. The van der Waals surface area contributed by atoms with E-state index < -0.39 is 0 Å². The summed E-state index contributed by atoms with van der Waals surface area (Å²) in [6.45, 7) is 6.09. The summed E-state index contributed by atoms with van der Waals surface area (Å²) in [4.78, 5) is 13.6. The van der Waals surface area contributed by atoms with Crippen LogP contribution in [0.2, 0.25) is 0 Å². The van der Waals surface area contributed by atoms with Crippen molar-refractivity contribution in [1.29, 1.82) is 0 Å². The molecule has 1 aromatic carbocycles. The van der Waals surface area contributed by atoms with Gasteiger partial charge < -0.3 is 11.5 Å². The average molecular weight is 275 g/mol. The van der Waals surface area contributed by atoms with Crippen molar-refractivity contribution in [3.05, 3.63) is 34.9 Å². The average Bonchev–Trinajstić information content (AvgIpc) is 2.43. The van der Waals surface area contributed by atoms with Crippen molar-refractivity contribution in [2.45, 2.75) is 32.7 Å². The number of likely N-dealkylation sites (tertiary alicyclic amines) is 1. The summed E-state index contributed by atoms with van der Waals surface area (Å²) >= 11 is 0. The summed E-state index contributed by atoms with van der Waals surface area (Å²) < 4.78 is 0. The highest BCUT2D eigenvalue weighted by Gasteiger charge is 2.19. The minimum Gasteiger partial charge on any atom is -0.366 e. The summed E-state index contributed by atoms with van der Waals surface area (Å²) in [5, 5.41) is 0. The molecule has 0 saturated carbocycles. The predicted molar refractivity (Wildman–Crippen MR) is 81.4 cm³/mol. The van der Waals surface area contributed by atoms with Gasteiger partial charge in [0, 0.05) is 12.1 Å². The second-order valence-electron chi connectivity index (χ2n) is 5.80. The monoisotopic (exact) mass is 275 g/mol. The lowest BCUT2D eigenvalue weighted by atomic mass is 9.93. The molecule has 4 heteroatoms. The second-order valence-corrected chi connectivity index (χ2v) is 5.80. The highest BCUT2D eigenvalue weighted by Crippen LogP contribution is 2.22. The molecule has 1 heterocycles. The third-order valence-electron chi connectivity index (χ3n) is 4.30. The van der Waals surface area contributed by atoms with Crippen LogP contribution in [-0.4, -0.2) is 30.4 Å². The quantitative estimate of drug-likeness (QED) is 0.858. The summed E-state index contributed by atoms with van der Waals surface area (Å²) in [5.74, 6) is 0.442. The van der Waals surface area contributed by atoms with E-state index in [1.807, 2.05) is 25.1 Å². The van der Waals surface area contributed by atoms with Crippen LogP contribution < -0.4 is 11.5 Å². The molecule has 1 fully saturated rings. The van der Waals surface area contributed by atoms with Crippen molar-refractivity contribution in [3.8, 4) is 0 Å². The Labute approximate surface area is 121 Å². The van der Waals surface area contributed by atoms with E-state index in [1.165, 1.54) is 18.4 Å².